The first-order chi connectivity index (χ1) is 10.7. The number of carbonyl (C=O) groups excluding carboxylic acids is 1. The Balaban J connectivity index is 0.00000264. The smallest absolute Gasteiger partial charge is 0.223 e. The summed E-state index contributed by atoms with van der Waals surface area (Å²) in [5.74, 6) is 0.168. The highest BCUT2D eigenvalue weighted by Gasteiger charge is 2.14. The standard InChI is InChI=1S/C17H24N4O.2ClH/c1-20-13-16(12-19-20)8-9-17(22)21(11-5-10-18)14-15-6-3-2-4-7-15;;/h2-4,6-7,12-13H,5,8-11,14,18H2,1H3;2*1H. The molecule has 1 heterocycles. The molecular formula is C17H26Cl2N4O. The molecule has 0 saturated carbocycles. The van der Waals surface area contributed by atoms with Gasteiger partial charge < -0.3 is 10.6 Å². The highest BCUT2D eigenvalue weighted by molar-refractivity contribution is 5.85. The van der Waals surface area contributed by atoms with Gasteiger partial charge >= 0.3 is 0 Å². The number of carbonyl (C=O) groups is 1. The number of nitrogens with two attached hydrogens (primary N) is 1. The van der Waals surface area contributed by atoms with Crippen LogP contribution in [-0.4, -0.2) is 33.7 Å². The molecule has 0 radical (unpaired) electrons. The lowest BCUT2D eigenvalue weighted by molar-refractivity contribution is -0.131. The number of aromatic nitrogens is 2. The van der Waals surface area contributed by atoms with Gasteiger partial charge in [-0.25, -0.2) is 0 Å². The average molecular weight is 373 g/mol. The van der Waals surface area contributed by atoms with E-state index in [0.717, 1.165) is 24.0 Å². The molecule has 0 fully saturated rings. The first-order valence-electron chi connectivity index (χ1n) is 7.68. The molecule has 0 aliphatic rings. The minimum Gasteiger partial charge on any atom is -0.338 e. The Kier molecular flexibility index (Phi) is 11.1. The molecule has 0 atom stereocenters. The predicted molar refractivity (Wildman–Crippen MR) is 102 cm³/mol. The van der Waals surface area contributed by atoms with E-state index in [0.29, 0.717) is 26.1 Å². The Morgan fingerprint density at radius 2 is 1.92 bits per heavy atom. The fourth-order valence-corrected chi connectivity index (χ4v) is 2.39. The summed E-state index contributed by atoms with van der Waals surface area (Å²) in [5, 5.41) is 4.13. The van der Waals surface area contributed by atoms with E-state index in [1.807, 2.05) is 54.7 Å². The van der Waals surface area contributed by atoms with Crippen LogP contribution in [0.1, 0.15) is 24.0 Å². The fourth-order valence-electron chi connectivity index (χ4n) is 2.39. The first kappa shape index (κ1) is 22.4. The van der Waals surface area contributed by atoms with Crippen LogP contribution in [0.25, 0.3) is 0 Å². The largest absolute Gasteiger partial charge is 0.338 e. The Morgan fingerprint density at radius 3 is 2.50 bits per heavy atom. The summed E-state index contributed by atoms with van der Waals surface area (Å²) in [4.78, 5) is 14.4. The van der Waals surface area contributed by atoms with Crippen molar-refractivity contribution >= 4 is 30.7 Å². The van der Waals surface area contributed by atoms with Gasteiger partial charge in [0.2, 0.25) is 5.91 Å². The SMILES string of the molecule is Cl.Cl.Cn1cc(CCC(=O)N(CCCN)Cc2ccccc2)cn1. The van der Waals surface area contributed by atoms with E-state index < -0.39 is 0 Å². The molecule has 24 heavy (non-hydrogen) atoms. The van der Waals surface area contributed by atoms with E-state index in [2.05, 4.69) is 5.10 Å². The molecule has 2 N–H and O–H groups in total. The summed E-state index contributed by atoms with van der Waals surface area (Å²) in [6.07, 6.45) is 5.82. The summed E-state index contributed by atoms with van der Waals surface area (Å²) < 4.78 is 1.76. The van der Waals surface area contributed by atoms with Crippen LogP contribution in [0.3, 0.4) is 0 Å². The van der Waals surface area contributed by atoms with Gasteiger partial charge in [0.05, 0.1) is 6.20 Å². The lowest BCUT2D eigenvalue weighted by Crippen LogP contribution is -2.32. The number of hydrogen-bond acceptors (Lipinski definition) is 3. The van der Waals surface area contributed by atoms with E-state index in [-0.39, 0.29) is 30.7 Å². The molecule has 1 aromatic heterocycles. The quantitative estimate of drug-likeness (QED) is 0.774. The molecule has 2 rings (SSSR count). The van der Waals surface area contributed by atoms with Crippen LogP contribution in [0.2, 0.25) is 0 Å². The van der Waals surface area contributed by atoms with Crippen LogP contribution >= 0.6 is 24.8 Å². The Bertz CT molecular complexity index is 589. The number of aryl methyl sites for hydroxylation is 2. The third-order valence-electron chi connectivity index (χ3n) is 3.59. The third kappa shape index (κ3) is 7.34. The van der Waals surface area contributed by atoms with Crippen molar-refractivity contribution in [1.29, 1.82) is 0 Å². The van der Waals surface area contributed by atoms with Crippen molar-refractivity contribution in [2.45, 2.75) is 25.8 Å². The average Bonchev–Trinajstić information content (AvgIpc) is 2.95. The molecule has 7 heteroatoms. The van der Waals surface area contributed by atoms with Crippen LogP contribution < -0.4 is 5.73 Å². The van der Waals surface area contributed by atoms with E-state index in [4.69, 9.17) is 5.73 Å². The molecule has 0 aliphatic heterocycles. The molecule has 0 spiro atoms. The molecule has 0 saturated heterocycles. The van der Waals surface area contributed by atoms with Gasteiger partial charge in [0.25, 0.3) is 0 Å². The van der Waals surface area contributed by atoms with Gasteiger partial charge in [-0.1, -0.05) is 30.3 Å². The third-order valence-corrected chi connectivity index (χ3v) is 3.59. The molecule has 5 nitrogen and oxygen atoms in total. The first-order valence-corrected chi connectivity index (χ1v) is 7.68. The zero-order valence-corrected chi connectivity index (χ0v) is 15.6. The number of halogens is 2. The minimum atomic E-state index is 0. The zero-order valence-electron chi connectivity index (χ0n) is 13.9. The van der Waals surface area contributed by atoms with Crippen LogP contribution in [-0.2, 0) is 24.8 Å². The molecule has 1 aromatic carbocycles. The molecular weight excluding hydrogens is 347 g/mol. The molecule has 0 bridgehead atoms. The second kappa shape index (κ2) is 11.9. The predicted octanol–water partition coefficient (Wildman–Crippen LogP) is 2.57. The van der Waals surface area contributed by atoms with Crippen molar-refractivity contribution in [3.05, 3.63) is 53.9 Å². The van der Waals surface area contributed by atoms with Crippen LogP contribution in [0.5, 0.6) is 0 Å². The monoisotopic (exact) mass is 372 g/mol. The highest BCUT2D eigenvalue weighted by Crippen LogP contribution is 2.09. The number of hydrogen-bond donors (Lipinski definition) is 1. The number of nitrogens with zero attached hydrogens (tertiary/aromatic N) is 3. The summed E-state index contributed by atoms with van der Waals surface area (Å²) in [7, 11) is 1.88. The van der Waals surface area contributed by atoms with Crippen molar-refractivity contribution < 1.29 is 4.79 Å². The molecule has 0 aliphatic carbocycles. The molecule has 1 amide bonds. The van der Waals surface area contributed by atoms with Gasteiger partial charge in [-0.3, -0.25) is 9.48 Å². The van der Waals surface area contributed by atoms with E-state index in [1.165, 1.54) is 0 Å². The van der Waals surface area contributed by atoms with Crippen molar-refractivity contribution in [2.75, 3.05) is 13.1 Å². The topological polar surface area (TPSA) is 64.2 Å². The number of rotatable bonds is 8. The number of benzene rings is 1. The minimum absolute atomic E-state index is 0. The highest BCUT2D eigenvalue weighted by atomic mass is 35.5. The van der Waals surface area contributed by atoms with E-state index in [1.54, 1.807) is 4.68 Å². The zero-order chi connectivity index (χ0) is 15.8. The Labute approximate surface area is 156 Å². The summed E-state index contributed by atoms with van der Waals surface area (Å²) in [6, 6.07) is 10.1. The van der Waals surface area contributed by atoms with Crippen molar-refractivity contribution in [3.63, 3.8) is 0 Å². The van der Waals surface area contributed by atoms with Crippen LogP contribution in [0, 0.1) is 0 Å². The summed E-state index contributed by atoms with van der Waals surface area (Å²) in [6.45, 7) is 1.95. The van der Waals surface area contributed by atoms with Crippen molar-refractivity contribution in [1.82, 2.24) is 14.7 Å². The van der Waals surface area contributed by atoms with Gasteiger partial charge in [-0.05, 0) is 30.5 Å². The lowest BCUT2D eigenvalue weighted by atomic mass is 10.1. The summed E-state index contributed by atoms with van der Waals surface area (Å²) in [5.41, 5.74) is 7.83. The second-order valence-corrected chi connectivity index (χ2v) is 5.47. The molecule has 0 unspecified atom stereocenters. The van der Waals surface area contributed by atoms with Crippen LogP contribution in [0.15, 0.2) is 42.7 Å². The van der Waals surface area contributed by atoms with Gasteiger partial charge in [0.15, 0.2) is 0 Å². The Morgan fingerprint density at radius 1 is 1.21 bits per heavy atom. The van der Waals surface area contributed by atoms with Crippen molar-refractivity contribution in [2.24, 2.45) is 12.8 Å². The van der Waals surface area contributed by atoms with Gasteiger partial charge in [-0.2, -0.15) is 5.10 Å². The lowest BCUT2D eigenvalue weighted by Gasteiger charge is -2.22. The second-order valence-electron chi connectivity index (χ2n) is 5.47. The maximum absolute atomic E-state index is 12.5. The Hall–Kier alpha value is -1.56. The van der Waals surface area contributed by atoms with E-state index in [9.17, 15) is 4.79 Å². The fraction of sp³-hybridized carbons (Fsp3) is 0.412. The van der Waals surface area contributed by atoms with Gasteiger partial charge in [0.1, 0.15) is 0 Å². The van der Waals surface area contributed by atoms with Crippen molar-refractivity contribution in [3.8, 4) is 0 Å². The molecule has 2 aromatic rings. The van der Waals surface area contributed by atoms with Crippen LogP contribution in [0.4, 0.5) is 0 Å². The molecule has 134 valence electrons. The number of amides is 1. The maximum Gasteiger partial charge on any atom is 0.223 e. The van der Waals surface area contributed by atoms with E-state index >= 15 is 0 Å². The van der Waals surface area contributed by atoms with Gasteiger partial charge in [0, 0.05) is 32.8 Å². The normalized spacial score (nSPS) is 9.75. The maximum atomic E-state index is 12.5. The van der Waals surface area contributed by atoms with Gasteiger partial charge in [-0.15, -0.1) is 24.8 Å². The summed E-state index contributed by atoms with van der Waals surface area (Å²) >= 11 is 0.